The number of nitrogens with zero attached hydrogens (tertiary/aromatic N) is 3. The van der Waals surface area contributed by atoms with E-state index in [0.29, 0.717) is 29.2 Å². The van der Waals surface area contributed by atoms with Gasteiger partial charge in [-0.15, -0.1) is 10.2 Å². The molecule has 3 aromatic carbocycles. The third kappa shape index (κ3) is 3.78. The highest BCUT2D eigenvalue weighted by atomic mass is 32.2. The molecule has 0 unspecified atom stereocenters. The first kappa shape index (κ1) is 20.4. The molecule has 0 saturated heterocycles. The highest BCUT2D eigenvalue weighted by Crippen LogP contribution is 2.36. The lowest BCUT2D eigenvalue weighted by Gasteiger charge is -2.25. The smallest absolute Gasteiger partial charge is 0.277 e. The maximum Gasteiger partial charge on any atom is 0.277 e. The summed E-state index contributed by atoms with van der Waals surface area (Å²) in [5, 5.41) is 10.3. The number of amides is 1. The third-order valence-electron chi connectivity index (χ3n) is 5.29. The van der Waals surface area contributed by atoms with Crippen molar-refractivity contribution in [2.24, 2.45) is 0 Å². The van der Waals surface area contributed by atoms with Crippen LogP contribution in [0.3, 0.4) is 0 Å². The van der Waals surface area contributed by atoms with Gasteiger partial charge >= 0.3 is 0 Å². The van der Waals surface area contributed by atoms with Crippen LogP contribution in [0.5, 0.6) is 11.5 Å². The summed E-state index contributed by atoms with van der Waals surface area (Å²) in [6.45, 7) is 4.59. The van der Waals surface area contributed by atoms with Crippen molar-refractivity contribution in [1.29, 1.82) is 0 Å². The van der Waals surface area contributed by atoms with Crippen molar-refractivity contribution in [3.8, 4) is 23.0 Å². The van der Waals surface area contributed by atoms with Crippen LogP contribution in [0.25, 0.3) is 22.2 Å². The zero-order valence-corrected chi connectivity index (χ0v) is 18.5. The van der Waals surface area contributed by atoms with Gasteiger partial charge in [0.25, 0.3) is 5.22 Å². The fourth-order valence-electron chi connectivity index (χ4n) is 3.71. The van der Waals surface area contributed by atoms with Crippen molar-refractivity contribution in [3.05, 3.63) is 60.7 Å². The van der Waals surface area contributed by atoms with Gasteiger partial charge in [0.05, 0.1) is 10.9 Å². The number of hydrogen-bond donors (Lipinski definition) is 0. The van der Waals surface area contributed by atoms with Crippen molar-refractivity contribution < 1.29 is 18.7 Å². The summed E-state index contributed by atoms with van der Waals surface area (Å²) in [5.41, 5.74) is 1.63. The predicted molar refractivity (Wildman–Crippen MR) is 123 cm³/mol. The van der Waals surface area contributed by atoms with Gasteiger partial charge in [-0.3, -0.25) is 4.79 Å². The Morgan fingerprint density at radius 1 is 1.06 bits per heavy atom. The quantitative estimate of drug-likeness (QED) is 0.378. The molecule has 32 heavy (non-hydrogen) atoms. The first-order chi connectivity index (χ1) is 15.6. The van der Waals surface area contributed by atoms with Gasteiger partial charge in [-0.2, -0.15) is 0 Å². The van der Waals surface area contributed by atoms with Gasteiger partial charge in [0, 0.05) is 17.5 Å². The van der Waals surface area contributed by atoms with Gasteiger partial charge in [0.1, 0.15) is 0 Å². The zero-order chi connectivity index (χ0) is 22.1. The summed E-state index contributed by atoms with van der Waals surface area (Å²) in [6.07, 6.45) is 0. The molecule has 1 amide bonds. The van der Waals surface area contributed by atoms with E-state index in [9.17, 15) is 4.79 Å². The van der Waals surface area contributed by atoms with Crippen LogP contribution in [0.1, 0.15) is 13.8 Å². The summed E-state index contributed by atoms with van der Waals surface area (Å²) in [4.78, 5) is 15.1. The molecule has 1 atom stereocenters. The minimum absolute atomic E-state index is 0.0170. The molecule has 7 nitrogen and oxygen atoms in total. The Morgan fingerprint density at radius 3 is 2.75 bits per heavy atom. The number of thioether (sulfide) groups is 1. The molecule has 5 rings (SSSR count). The number of benzene rings is 3. The SMILES string of the molecule is CCN(C(=O)[C@@H](C)Sc1nnc(-c2ccc3c(c2)OCO3)o1)c1cccc2ccccc12. The summed E-state index contributed by atoms with van der Waals surface area (Å²) in [5.74, 6) is 1.69. The lowest BCUT2D eigenvalue weighted by atomic mass is 10.1. The molecular weight excluding hydrogens is 426 g/mol. The van der Waals surface area contributed by atoms with E-state index >= 15 is 0 Å². The van der Waals surface area contributed by atoms with E-state index in [0.717, 1.165) is 22.0 Å². The molecule has 162 valence electrons. The van der Waals surface area contributed by atoms with Crippen molar-refractivity contribution in [3.63, 3.8) is 0 Å². The van der Waals surface area contributed by atoms with E-state index in [4.69, 9.17) is 13.9 Å². The van der Waals surface area contributed by atoms with Gasteiger partial charge in [-0.1, -0.05) is 48.2 Å². The standard InChI is InChI=1S/C24H21N3O4S/c1-3-27(19-10-6-8-16-7-4-5-9-18(16)19)23(28)15(2)32-24-26-25-22(31-24)17-11-12-20-21(13-17)30-14-29-20/h4-13,15H,3,14H2,1-2H3/t15-/m1/s1. The monoisotopic (exact) mass is 447 g/mol. The maximum absolute atomic E-state index is 13.3. The maximum atomic E-state index is 13.3. The highest BCUT2D eigenvalue weighted by Gasteiger charge is 2.25. The summed E-state index contributed by atoms with van der Waals surface area (Å²) >= 11 is 1.25. The van der Waals surface area contributed by atoms with Crippen LogP contribution in [-0.4, -0.2) is 34.7 Å². The van der Waals surface area contributed by atoms with Crippen LogP contribution < -0.4 is 14.4 Å². The minimum atomic E-state index is -0.404. The summed E-state index contributed by atoms with van der Waals surface area (Å²) in [6, 6.07) is 19.5. The van der Waals surface area contributed by atoms with Crippen molar-refractivity contribution >= 4 is 34.1 Å². The van der Waals surface area contributed by atoms with Gasteiger partial charge in [0.2, 0.25) is 18.6 Å². The minimum Gasteiger partial charge on any atom is -0.454 e. The molecule has 0 saturated carbocycles. The molecular formula is C24H21N3O4S. The second-order valence-corrected chi connectivity index (χ2v) is 8.57. The molecule has 0 spiro atoms. The average molecular weight is 448 g/mol. The van der Waals surface area contributed by atoms with E-state index in [1.54, 1.807) is 11.0 Å². The third-order valence-corrected chi connectivity index (χ3v) is 6.21. The Bertz CT molecular complexity index is 1280. The van der Waals surface area contributed by atoms with Crippen molar-refractivity contribution in [2.75, 3.05) is 18.2 Å². The number of carbonyl (C=O) groups excluding carboxylic acids is 1. The molecule has 4 aromatic rings. The Kier molecular flexibility index (Phi) is 5.45. The second-order valence-electron chi connectivity index (χ2n) is 7.28. The number of anilines is 1. The molecule has 0 fully saturated rings. The molecule has 1 aromatic heterocycles. The largest absolute Gasteiger partial charge is 0.454 e. The number of aromatic nitrogens is 2. The topological polar surface area (TPSA) is 77.7 Å². The molecule has 8 heteroatoms. The van der Waals surface area contributed by atoms with Crippen LogP contribution in [-0.2, 0) is 4.79 Å². The Hall–Kier alpha value is -3.52. The molecule has 0 radical (unpaired) electrons. The van der Waals surface area contributed by atoms with E-state index in [1.165, 1.54) is 11.8 Å². The molecule has 0 N–H and O–H groups in total. The Labute approximate surface area is 189 Å². The van der Waals surface area contributed by atoms with Crippen LogP contribution in [0.4, 0.5) is 5.69 Å². The van der Waals surface area contributed by atoms with E-state index < -0.39 is 5.25 Å². The fraction of sp³-hybridized carbons (Fsp3) is 0.208. The number of rotatable bonds is 6. The highest BCUT2D eigenvalue weighted by molar-refractivity contribution is 8.00. The summed E-state index contributed by atoms with van der Waals surface area (Å²) < 4.78 is 16.6. The molecule has 1 aliphatic heterocycles. The number of fused-ring (bicyclic) bond motifs is 2. The van der Waals surface area contributed by atoms with Crippen LogP contribution in [0.15, 0.2) is 70.3 Å². The lowest BCUT2D eigenvalue weighted by molar-refractivity contribution is -0.117. The molecule has 2 heterocycles. The number of carbonyl (C=O) groups is 1. The van der Waals surface area contributed by atoms with E-state index in [-0.39, 0.29) is 12.7 Å². The van der Waals surface area contributed by atoms with Gasteiger partial charge in [0.15, 0.2) is 11.5 Å². The molecule has 0 aliphatic carbocycles. The fourth-order valence-corrected chi connectivity index (χ4v) is 4.46. The first-order valence-corrected chi connectivity index (χ1v) is 11.2. The predicted octanol–water partition coefficient (Wildman–Crippen LogP) is 5.15. The molecule has 1 aliphatic rings. The average Bonchev–Trinajstić information content (AvgIpc) is 3.48. The second kappa shape index (κ2) is 8.55. The zero-order valence-electron chi connectivity index (χ0n) is 17.6. The normalized spacial score (nSPS) is 13.3. The first-order valence-electron chi connectivity index (χ1n) is 10.3. The Balaban J connectivity index is 1.34. The van der Waals surface area contributed by atoms with Crippen molar-refractivity contribution in [2.45, 2.75) is 24.3 Å². The number of hydrogen-bond acceptors (Lipinski definition) is 7. The van der Waals surface area contributed by atoms with Gasteiger partial charge in [-0.25, -0.2) is 0 Å². The van der Waals surface area contributed by atoms with E-state index in [2.05, 4.69) is 10.2 Å². The van der Waals surface area contributed by atoms with Gasteiger partial charge < -0.3 is 18.8 Å². The number of ether oxygens (including phenoxy) is 2. The van der Waals surface area contributed by atoms with E-state index in [1.807, 2.05) is 68.4 Å². The van der Waals surface area contributed by atoms with Gasteiger partial charge in [-0.05, 0) is 43.5 Å². The Morgan fingerprint density at radius 2 is 1.88 bits per heavy atom. The van der Waals surface area contributed by atoms with Crippen LogP contribution >= 0.6 is 11.8 Å². The van der Waals surface area contributed by atoms with Crippen LogP contribution in [0, 0.1) is 0 Å². The van der Waals surface area contributed by atoms with Crippen molar-refractivity contribution in [1.82, 2.24) is 10.2 Å². The lowest BCUT2D eigenvalue weighted by Crippen LogP contribution is -2.36. The summed E-state index contributed by atoms with van der Waals surface area (Å²) in [7, 11) is 0. The molecule has 0 bridgehead atoms. The van der Waals surface area contributed by atoms with Crippen LogP contribution in [0.2, 0.25) is 0 Å².